The molecule has 5 radical (unpaired) electrons. The van der Waals surface area contributed by atoms with E-state index in [9.17, 15) is 0 Å². The molecular weight excluding hydrogens is 2170 g/mol. The van der Waals surface area contributed by atoms with E-state index in [0.29, 0.717) is 17.0 Å². The molecule has 10 aromatic carbocycles. The van der Waals surface area contributed by atoms with E-state index in [1.54, 1.807) is 21.6 Å². The van der Waals surface area contributed by atoms with Crippen molar-refractivity contribution in [3.05, 3.63) is 390 Å². The van der Waals surface area contributed by atoms with Gasteiger partial charge in [0.05, 0.1) is 60.5 Å². The Morgan fingerprint density at radius 3 is 1.12 bits per heavy atom. The van der Waals surface area contributed by atoms with Gasteiger partial charge in [0, 0.05) is 129 Å². The van der Waals surface area contributed by atoms with Crippen LogP contribution in [0.25, 0.3) is 50.8 Å². The molecule has 0 bridgehead atoms. The van der Waals surface area contributed by atoms with E-state index in [2.05, 4.69) is 217 Å². The summed E-state index contributed by atoms with van der Waals surface area (Å²) in [6.07, 6.45) is 11.0. The van der Waals surface area contributed by atoms with E-state index in [1.165, 1.54) is 41.3 Å². The molecule has 103 heavy (non-hydrogen) atoms. The summed E-state index contributed by atoms with van der Waals surface area (Å²) < 4.78 is 14.3. The molecule has 5 aromatic heterocycles. The fourth-order valence-electron chi connectivity index (χ4n) is 11.7. The minimum atomic E-state index is -0.485. The molecule has 0 spiro atoms. The van der Waals surface area contributed by atoms with Gasteiger partial charge in [0.2, 0.25) is 5.88 Å². The molecule has 0 aliphatic rings. The summed E-state index contributed by atoms with van der Waals surface area (Å²) in [5, 5.41) is 39.6. The molecule has 15 rings (SSSR count). The zero-order chi connectivity index (χ0) is 67.9. The number of nitriles is 2. The second kappa shape index (κ2) is 41.4. The number of benzene rings is 10. The van der Waals surface area contributed by atoms with Gasteiger partial charge in [-0.05, 0) is 82.9 Å². The molecule has 0 aliphatic carbocycles. The van der Waals surface area contributed by atoms with Crippen LogP contribution in [0.3, 0.4) is 0 Å². The third kappa shape index (κ3) is 19.3. The van der Waals surface area contributed by atoms with E-state index < -0.39 is 5.41 Å². The maximum Gasteiger partial charge on any atom is 0.232 e. The van der Waals surface area contributed by atoms with Crippen LogP contribution in [0.5, 0.6) is 5.88 Å². The van der Waals surface area contributed by atoms with Gasteiger partial charge in [-0.2, -0.15) is 157 Å². The van der Waals surface area contributed by atoms with Crippen molar-refractivity contribution in [3.8, 4) is 68.8 Å². The monoisotopic (exact) mass is 2240 g/mol. The average molecular weight is 2240 g/mol. The molecule has 0 amide bonds. The summed E-state index contributed by atoms with van der Waals surface area (Å²) in [6, 6.07) is 112. The normalized spacial score (nSPS) is 10.0. The second-order valence-electron chi connectivity index (χ2n) is 22.2. The summed E-state index contributed by atoms with van der Waals surface area (Å²) >= 11 is 0. The van der Waals surface area contributed by atoms with Gasteiger partial charge in [0.15, 0.2) is 0 Å². The number of methoxy groups -OCH3 is 1. The molecule has 0 saturated carbocycles. The fourth-order valence-corrected chi connectivity index (χ4v) is 11.7. The molecule has 0 aliphatic heterocycles. The molecule has 13 nitrogen and oxygen atoms in total. The van der Waals surface area contributed by atoms with Gasteiger partial charge in [-0.25, -0.2) is 4.68 Å². The number of para-hydroxylation sites is 5. The molecule has 0 N–H and O–H groups in total. The first-order valence-corrected chi connectivity index (χ1v) is 32.1. The third-order valence-corrected chi connectivity index (χ3v) is 16.4. The predicted molar refractivity (Wildman–Crippen MR) is 385 cm³/mol. The third-order valence-electron chi connectivity index (χ3n) is 16.4. The zero-order valence-corrected chi connectivity index (χ0v) is 68.7. The Morgan fingerprint density at radius 1 is 0.369 bits per heavy atom. The van der Waals surface area contributed by atoms with Gasteiger partial charge in [-0.1, -0.05) is 166 Å². The van der Waals surface area contributed by atoms with Crippen LogP contribution in [-0.2, 0) is 119 Å². The predicted octanol–water partition coefficient (Wildman–Crippen LogP) is 17.6. The van der Waals surface area contributed by atoms with Gasteiger partial charge >= 0.3 is 0 Å². The van der Waals surface area contributed by atoms with Crippen LogP contribution in [0.1, 0.15) is 69.9 Å². The Morgan fingerprint density at radius 2 is 0.718 bits per heavy atom. The molecule has 0 saturated heterocycles. The van der Waals surface area contributed by atoms with Crippen LogP contribution in [0.4, 0.5) is 0 Å². The minimum Gasteiger partial charge on any atom is -0.480 e. The number of hydrogen-bond donors (Lipinski definition) is 0. The SMILES string of the molecule is CCc1cnn(-c2[c-]cccc2)c1CC.COc1c(C#N)cnn1-c1[c-]cccc1.Cc1c(C#N)cnn1-c1[c-]cccc1.Cc1c(C(c2ccccc2)(c2ccccc2)c2ccccc2)cnn1-c1[c-]cccc1.[Ir].[Ir].[Ir].[Ir].[Ir].[c-]1ccccc1-n1ncc(-c2ccccc2)c1-c1ccccc1. The van der Waals surface area contributed by atoms with Gasteiger partial charge in [0.25, 0.3) is 0 Å². The van der Waals surface area contributed by atoms with Crippen LogP contribution in [0.2, 0.25) is 0 Å². The molecule has 525 valence electrons. The summed E-state index contributed by atoms with van der Waals surface area (Å²) in [4.78, 5) is 0. The quantitative estimate of drug-likeness (QED) is 0.0773. The molecule has 15 aromatic rings. The fraction of sp³-hybridized carbons (Fsp3) is 0.0941. The van der Waals surface area contributed by atoms with E-state index in [1.807, 2.05) is 173 Å². The average Bonchev–Trinajstić information content (AvgIpc) is 1.13. The minimum absolute atomic E-state index is 0. The number of rotatable bonds is 14. The van der Waals surface area contributed by atoms with E-state index in [4.69, 9.17) is 20.4 Å². The van der Waals surface area contributed by atoms with Gasteiger partial charge in [-0.3, -0.25) is 18.7 Å². The molecular formula is C85H69Ir5N12O-5. The number of nitrogens with zero attached hydrogens (tertiary/aromatic N) is 12. The van der Waals surface area contributed by atoms with E-state index >= 15 is 0 Å². The Balaban J connectivity index is 0.000000207. The maximum atomic E-state index is 8.82. The summed E-state index contributed by atoms with van der Waals surface area (Å²) in [5.41, 5.74) is 18.9. The van der Waals surface area contributed by atoms with Crippen molar-refractivity contribution < 1.29 is 105 Å². The van der Waals surface area contributed by atoms with Crippen LogP contribution in [0, 0.1) is 66.8 Å². The Bertz CT molecular complexity index is 4860. The van der Waals surface area contributed by atoms with Gasteiger partial charge in [0.1, 0.15) is 17.7 Å². The molecule has 0 unspecified atom stereocenters. The number of hydrogen-bond acceptors (Lipinski definition) is 8. The van der Waals surface area contributed by atoms with Crippen molar-refractivity contribution in [3.63, 3.8) is 0 Å². The van der Waals surface area contributed by atoms with E-state index in [-0.39, 0.29) is 101 Å². The molecule has 0 atom stereocenters. The van der Waals surface area contributed by atoms with Crippen LogP contribution in [0.15, 0.2) is 304 Å². The zero-order valence-electron chi connectivity index (χ0n) is 56.7. The number of aryl methyl sites for hydroxylation is 1. The molecule has 18 heteroatoms. The molecule has 5 heterocycles. The Kier molecular flexibility index (Phi) is 33.1. The first-order valence-electron chi connectivity index (χ1n) is 32.1. The van der Waals surface area contributed by atoms with Crippen LogP contribution >= 0.6 is 0 Å². The van der Waals surface area contributed by atoms with Gasteiger partial charge in [-0.15, -0.1) is 30.3 Å². The summed E-state index contributed by atoms with van der Waals surface area (Å²) in [5.74, 6) is 0.431. The Labute approximate surface area is 670 Å². The number of ether oxygens (including phenoxy) is 1. The van der Waals surface area contributed by atoms with Gasteiger partial charge < -0.3 is 4.74 Å². The van der Waals surface area contributed by atoms with E-state index in [0.717, 1.165) is 80.6 Å². The largest absolute Gasteiger partial charge is 0.480 e. The standard InChI is InChI=1S/C29H23N2.C21H15N2.C13H15N2.C11H8N3O.C11H8N3.5Ir/c1-23-28(22-30-31(23)27-20-12-5-13-21-27)29(24-14-6-2-7-15-24,25-16-8-3-9-17-25)26-18-10-4-11-19-26;1-4-10-17(11-5-1)20-16-22-23(19-14-8-3-9-15-19)21(20)18-12-6-2-7-13-18;1-3-11-10-14-15(13(11)4-2)12-8-6-5-7-9-12;1-15-11-9(7-12)8-13-14(11)10-5-3-2-4-6-10;1-9-10(7-12)8-13-14(9)11-5-3-2-4-6-11;;;;;/h2-20,22H,1H3;1-14,16H;5-8,10H,3-4H2,1-2H3;2-5,8H,1H3;2-5,8H,1H3;;;;;/q5*-1;;;;;. The first kappa shape index (κ1) is 82.2. The van der Waals surface area contributed by atoms with Crippen molar-refractivity contribution >= 4 is 0 Å². The maximum absolute atomic E-state index is 8.82. The molecule has 0 fully saturated rings. The summed E-state index contributed by atoms with van der Waals surface area (Å²) in [6.45, 7) is 8.34. The van der Waals surface area contributed by atoms with Crippen molar-refractivity contribution in [2.24, 2.45) is 0 Å². The van der Waals surface area contributed by atoms with Crippen LogP contribution < -0.4 is 4.74 Å². The first-order chi connectivity index (χ1) is 48.3. The summed E-state index contributed by atoms with van der Waals surface area (Å²) in [7, 11) is 1.51. The number of aromatic nitrogens is 10. The van der Waals surface area contributed by atoms with Crippen molar-refractivity contribution in [2.75, 3.05) is 7.11 Å². The van der Waals surface area contributed by atoms with Crippen molar-refractivity contribution in [1.82, 2.24) is 48.9 Å². The Hall–Kier alpha value is -9.72. The van der Waals surface area contributed by atoms with Crippen molar-refractivity contribution in [1.29, 1.82) is 10.5 Å². The second-order valence-corrected chi connectivity index (χ2v) is 22.2. The smallest absolute Gasteiger partial charge is 0.232 e. The van der Waals surface area contributed by atoms with Crippen LogP contribution in [-0.4, -0.2) is 56.0 Å². The van der Waals surface area contributed by atoms with Crippen molar-refractivity contribution in [2.45, 2.75) is 46.0 Å². The topological polar surface area (TPSA) is 146 Å².